The van der Waals surface area contributed by atoms with Gasteiger partial charge in [-0.15, -0.1) is 0 Å². The van der Waals surface area contributed by atoms with Gasteiger partial charge >= 0.3 is 0 Å². The van der Waals surface area contributed by atoms with E-state index in [1.54, 1.807) is 0 Å². The predicted octanol–water partition coefficient (Wildman–Crippen LogP) is 11.7. The second kappa shape index (κ2) is 16.0. The number of rotatable bonds is 11. The zero-order valence-electron chi connectivity index (χ0n) is 33.2. The van der Waals surface area contributed by atoms with Gasteiger partial charge in [0.15, 0.2) is 11.8 Å². The maximum absolute atomic E-state index is 6.68. The van der Waals surface area contributed by atoms with Crippen LogP contribution in [-0.2, 0) is 23.8 Å². The van der Waals surface area contributed by atoms with Crippen LogP contribution in [0.1, 0.15) is 97.0 Å². The lowest BCUT2D eigenvalue weighted by Crippen LogP contribution is -2.46. The molecule has 3 nitrogen and oxygen atoms in total. The summed E-state index contributed by atoms with van der Waals surface area (Å²) in [4.78, 5) is 4.89. The lowest BCUT2D eigenvalue weighted by Gasteiger charge is -2.34. The normalized spacial score (nSPS) is 16.3. The van der Waals surface area contributed by atoms with E-state index in [1.165, 1.54) is 64.6 Å². The molecule has 1 aromatic heterocycles. The highest BCUT2D eigenvalue weighted by molar-refractivity contribution is 6.14. The Hall–Kier alpha value is -4.86. The first-order valence-electron chi connectivity index (χ1n) is 19.2. The number of allylic oxidation sites excluding steroid dienone is 3. The number of hydrogen-bond donors (Lipinski definition) is 0. The topological polar surface area (TPSA) is 25.5 Å². The van der Waals surface area contributed by atoms with Crippen LogP contribution in [0.4, 0.5) is 0 Å². The van der Waals surface area contributed by atoms with Gasteiger partial charge < -0.3 is 4.74 Å². The first-order chi connectivity index (χ1) is 25.5. The molecule has 1 aliphatic rings. The number of methoxy groups -OCH3 is 1. The maximum Gasteiger partial charge on any atom is 0.218 e. The molecule has 6 rings (SSSR count). The molecule has 1 atom stereocenters. The molecule has 0 spiro atoms. The monoisotopic (exact) mass is 701 g/mol. The van der Waals surface area contributed by atoms with Crippen LogP contribution in [0.25, 0.3) is 16.7 Å². The molecule has 0 radical (unpaired) electrons. The Morgan fingerprint density at radius 3 is 2.17 bits per heavy atom. The summed E-state index contributed by atoms with van der Waals surface area (Å²) in [5.41, 5.74) is 14.9. The van der Waals surface area contributed by atoms with Crippen LogP contribution in [0.15, 0.2) is 139 Å². The molecule has 0 amide bonds. The average molecular weight is 702 g/mol. The van der Waals surface area contributed by atoms with Crippen molar-refractivity contribution in [2.45, 2.75) is 78.2 Å². The van der Waals surface area contributed by atoms with Gasteiger partial charge in [-0.3, -0.25) is 4.99 Å². The SMILES string of the molecule is C=C(C)/C(=C\C(=NC)c1cccc(CC(OC)(c2ccc(-c3ccccc3)cc2)c2cccc[n+]2C)c1C)c1ccc(C2CCC(C)(C)CC2)cc1C. The summed E-state index contributed by atoms with van der Waals surface area (Å²) in [6, 6.07) is 39.4. The maximum atomic E-state index is 6.68. The molecule has 272 valence electrons. The Morgan fingerprint density at radius 2 is 1.55 bits per heavy atom. The zero-order valence-corrected chi connectivity index (χ0v) is 33.2. The lowest BCUT2D eigenvalue weighted by atomic mass is 9.71. The smallest absolute Gasteiger partial charge is 0.218 e. The second-order valence-corrected chi connectivity index (χ2v) is 15.9. The highest BCUT2D eigenvalue weighted by Gasteiger charge is 2.42. The largest absolute Gasteiger partial charge is 0.362 e. The summed E-state index contributed by atoms with van der Waals surface area (Å²) in [6.07, 6.45) is 10.1. The van der Waals surface area contributed by atoms with Crippen LogP contribution in [0.5, 0.6) is 0 Å². The van der Waals surface area contributed by atoms with Crippen LogP contribution in [-0.4, -0.2) is 19.9 Å². The average Bonchev–Trinajstić information content (AvgIpc) is 3.16. The second-order valence-electron chi connectivity index (χ2n) is 15.9. The number of aryl methyl sites for hydroxylation is 2. The van der Waals surface area contributed by atoms with Crippen LogP contribution < -0.4 is 4.57 Å². The summed E-state index contributed by atoms with van der Waals surface area (Å²) in [5, 5.41) is 0. The quantitative estimate of drug-likeness (QED) is 0.0764. The molecule has 1 saturated carbocycles. The molecular formula is C50H57N2O+. The standard InChI is InChI=1S/C50H57N2O/c1-35(2)46(44-26-23-41(32-36(44)3)40-27-29-49(5,6)30-28-40)33-47(51-7)45-19-15-18-42(37(45)4)34-50(53-9,48-20-13-14-31-52(48)8)43-24-21-39(22-25-43)38-16-11-10-12-17-38/h10-26,31-33,40H,1,27-30,34H2,2-9H3/q+1/b46-33+,51-47?. The van der Waals surface area contributed by atoms with E-state index in [0.717, 1.165) is 33.7 Å². The van der Waals surface area contributed by atoms with E-state index in [9.17, 15) is 0 Å². The lowest BCUT2D eigenvalue weighted by molar-refractivity contribution is -0.685. The third kappa shape index (κ3) is 8.06. The zero-order chi connectivity index (χ0) is 37.8. The first-order valence-corrected chi connectivity index (χ1v) is 19.2. The highest BCUT2D eigenvalue weighted by Crippen LogP contribution is 2.43. The van der Waals surface area contributed by atoms with Gasteiger partial charge in [-0.1, -0.05) is 117 Å². The third-order valence-corrected chi connectivity index (χ3v) is 11.8. The molecule has 1 heterocycles. The third-order valence-electron chi connectivity index (χ3n) is 11.8. The van der Waals surface area contributed by atoms with Crippen molar-refractivity contribution in [2.75, 3.05) is 14.2 Å². The number of benzene rings is 4. The Labute approximate surface area is 318 Å². The molecule has 3 heteroatoms. The first kappa shape index (κ1) is 37.9. The summed E-state index contributed by atoms with van der Waals surface area (Å²) in [5.74, 6) is 0.644. The van der Waals surface area contributed by atoms with Gasteiger partial charge in [0.25, 0.3) is 0 Å². The molecule has 1 fully saturated rings. The van der Waals surface area contributed by atoms with Gasteiger partial charge in [-0.2, -0.15) is 0 Å². The van der Waals surface area contributed by atoms with Crippen LogP contribution in [0.3, 0.4) is 0 Å². The van der Waals surface area contributed by atoms with Crippen LogP contribution in [0.2, 0.25) is 0 Å². The van der Waals surface area contributed by atoms with Crippen molar-refractivity contribution >= 4 is 11.3 Å². The van der Waals surface area contributed by atoms with E-state index >= 15 is 0 Å². The fourth-order valence-electron chi connectivity index (χ4n) is 8.37. The van der Waals surface area contributed by atoms with Crippen molar-refractivity contribution in [3.8, 4) is 11.1 Å². The van der Waals surface area contributed by atoms with Crippen molar-refractivity contribution in [1.29, 1.82) is 0 Å². The number of ether oxygens (including phenoxy) is 1. The van der Waals surface area contributed by atoms with E-state index in [0.29, 0.717) is 17.8 Å². The van der Waals surface area contributed by atoms with E-state index in [4.69, 9.17) is 9.73 Å². The van der Waals surface area contributed by atoms with E-state index in [1.807, 2.05) is 14.2 Å². The van der Waals surface area contributed by atoms with Crippen molar-refractivity contribution in [3.05, 3.63) is 178 Å². The number of aromatic nitrogens is 1. The van der Waals surface area contributed by atoms with Crippen LogP contribution in [0, 0.1) is 19.3 Å². The Bertz CT molecular complexity index is 2130. The summed E-state index contributed by atoms with van der Waals surface area (Å²) in [7, 11) is 5.83. The number of aliphatic imine (C=N–C) groups is 1. The van der Waals surface area contributed by atoms with Gasteiger partial charge in [0, 0.05) is 38.3 Å². The van der Waals surface area contributed by atoms with Crippen molar-refractivity contribution in [3.63, 3.8) is 0 Å². The minimum absolute atomic E-state index is 0.464. The highest BCUT2D eigenvalue weighted by atomic mass is 16.5. The van der Waals surface area contributed by atoms with E-state index < -0.39 is 5.60 Å². The fourth-order valence-corrected chi connectivity index (χ4v) is 8.37. The molecule has 1 unspecified atom stereocenters. The number of hydrogen-bond acceptors (Lipinski definition) is 2. The van der Waals surface area contributed by atoms with Gasteiger partial charge in [0.05, 0.1) is 5.71 Å². The molecule has 0 N–H and O–H groups in total. The van der Waals surface area contributed by atoms with Crippen molar-refractivity contribution in [2.24, 2.45) is 17.5 Å². The minimum atomic E-state index is -0.732. The Kier molecular flexibility index (Phi) is 11.5. The Balaban J connectivity index is 1.37. The van der Waals surface area contributed by atoms with Crippen molar-refractivity contribution < 1.29 is 9.30 Å². The van der Waals surface area contributed by atoms with E-state index in [2.05, 4.69) is 174 Å². The van der Waals surface area contributed by atoms with Crippen LogP contribution >= 0.6 is 0 Å². The van der Waals surface area contributed by atoms with Crippen molar-refractivity contribution in [1.82, 2.24) is 0 Å². The molecule has 53 heavy (non-hydrogen) atoms. The molecule has 4 aromatic carbocycles. The van der Waals surface area contributed by atoms with E-state index in [-0.39, 0.29) is 0 Å². The molecular weight excluding hydrogens is 645 g/mol. The molecule has 1 aliphatic carbocycles. The number of pyridine rings is 1. The molecule has 5 aromatic rings. The van der Waals surface area contributed by atoms with Gasteiger partial charge in [-0.05, 0) is 120 Å². The summed E-state index contributed by atoms with van der Waals surface area (Å²) >= 11 is 0. The molecule has 0 aliphatic heterocycles. The summed E-state index contributed by atoms with van der Waals surface area (Å²) < 4.78 is 8.86. The van der Waals surface area contributed by atoms with Gasteiger partial charge in [-0.25, -0.2) is 4.57 Å². The van der Waals surface area contributed by atoms with Gasteiger partial charge in [0.2, 0.25) is 5.69 Å². The minimum Gasteiger partial charge on any atom is -0.362 e. The molecule has 0 bridgehead atoms. The number of nitrogens with zero attached hydrogens (tertiary/aromatic N) is 2. The predicted molar refractivity (Wildman–Crippen MR) is 224 cm³/mol. The van der Waals surface area contributed by atoms with Gasteiger partial charge in [0.1, 0.15) is 7.05 Å². The summed E-state index contributed by atoms with van der Waals surface area (Å²) in [6.45, 7) is 15.8. The Morgan fingerprint density at radius 1 is 0.868 bits per heavy atom. The fraction of sp³-hybridized carbons (Fsp3) is 0.320. The molecule has 0 saturated heterocycles.